The molecule has 2 N–H and O–H groups in total. The van der Waals surface area contributed by atoms with Gasteiger partial charge in [-0.25, -0.2) is 9.78 Å². The first-order valence-corrected chi connectivity index (χ1v) is 7.95. The predicted octanol–water partition coefficient (Wildman–Crippen LogP) is 1.53. The van der Waals surface area contributed by atoms with Crippen LogP contribution >= 0.6 is 0 Å². The lowest BCUT2D eigenvalue weighted by Gasteiger charge is -2.19. The van der Waals surface area contributed by atoms with Crippen LogP contribution in [-0.2, 0) is 9.59 Å². The van der Waals surface area contributed by atoms with Crippen LogP contribution in [0.2, 0.25) is 0 Å². The standard InChI is InChI=1S/C17H19N5O3/c1-3-17(2)15(24)22(16(25)20-17)10-14(23)19-12-5-4-6-13(9-12)21-8-7-18-11-21/h4-9,11H,3,10H2,1-2H3,(H,19,23)(H,20,25)/t17-/m0/s1. The summed E-state index contributed by atoms with van der Waals surface area (Å²) in [5.74, 6) is -0.825. The van der Waals surface area contributed by atoms with Gasteiger partial charge in [0.2, 0.25) is 5.91 Å². The van der Waals surface area contributed by atoms with Gasteiger partial charge in [0, 0.05) is 23.8 Å². The van der Waals surface area contributed by atoms with Crippen molar-refractivity contribution in [2.45, 2.75) is 25.8 Å². The minimum absolute atomic E-state index is 0.324. The molecule has 1 fully saturated rings. The van der Waals surface area contributed by atoms with Gasteiger partial charge in [0.05, 0.1) is 6.33 Å². The van der Waals surface area contributed by atoms with E-state index >= 15 is 0 Å². The zero-order valence-corrected chi connectivity index (χ0v) is 14.0. The molecule has 1 saturated heterocycles. The average molecular weight is 341 g/mol. The Morgan fingerprint density at radius 2 is 2.16 bits per heavy atom. The highest BCUT2D eigenvalue weighted by Crippen LogP contribution is 2.21. The number of rotatable bonds is 5. The number of hydrogen-bond donors (Lipinski definition) is 2. The molecule has 0 unspecified atom stereocenters. The van der Waals surface area contributed by atoms with Crippen LogP contribution in [-0.4, -0.2) is 44.4 Å². The third kappa shape index (κ3) is 3.23. The lowest BCUT2D eigenvalue weighted by Crippen LogP contribution is -2.44. The summed E-state index contributed by atoms with van der Waals surface area (Å²) in [6, 6.07) is 6.65. The van der Waals surface area contributed by atoms with E-state index in [9.17, 15) is 14.4 Å². The fourth-order valence-electron chi connectivity index (χ4n) is 2.63. The van der Waals surface area contributed by atoms with Crippen LogP contribution in [0.5, 0.6) is 0 Å². The number of amides is 4. The zero-order chi connectivity index (χ0) is 18.0. The van der Waals surface area contributed by atoms with E-state index in [2.05, 4.69) is 15.6 Å². The van der Waals surface area contributed by atoms with Gasteiger partial charge in [0.25, 0.3) is 5.91 Å². The Labute approximate surface area is 144 Å². The van der Waals surface area contributed by atoms with Gasteiger partial charge in [-0.05, 0) is 31.5 Å². The molecule has 1 aliphatic rings. The summed E-state index contributed by atoms with van der Waals surface area (Å²) >= 11 is 0. The van der Waals surface area contributed by atoms with Crippen molar-refractivity contribution < 1.29 is 14.4 Å². The molecule has 0 saturated carbocycles. The Morgan fingerprint density at radius 3 is 2.80 bits per heavy atom. The largest absolute Gasteiger partial charge is 0.325 e. The van der Waals surface area contributed by atoms with Crippen molar-refractivity contribution >= 4 is 23.5 Å². The van der Waals surface area contributed by atoms with Crippen molar-refractivity contribution in [1.82, 2.24) is 19.8 Å². The molecule has 3 rings (SSSR count). The number of imidazole rings is 1. The van der Waals surface area contributed by atoms with Crippen molar-refractivity contribution in [2.75, 3.05) is 11.9 Å². The van der Waals surface area contributed by atoms with Gasteiger partial charge in [0.15, 0.2) is 0 Å². The SMILES string of the molecule is CC[C@]1(C)NC(=O)N(CC(=O)Nc2cccc(-n3ccnc3)c2)C1=O. The molecule has 0 bridgehead atoms. The van der Waals surface area contributed by atoms with Gasteiger partial charge in [0.1, 0.15) is 12.1 Å². The maximum absolute atomic E-state index is 12.3. The van der Waals surface area contributed by atoms with Crippen LogP contribution in [0.1, 0.15) is 20.3 Å². The summed E-state index contributed by atoms with van der Waals surface area (Å²) in [5, 5.41) is 5.33. The lowest BCUT2D eigenvalue weighted by atomic mass is 9.99. The number of anilines is 1. The van der Waals surface area contributed by atoms with Gasteiger partial charge < -0.3 is 15.2 Å². The summed E-state index contributed by atoms with van der Waals surface area (Å²) in [7, 11) is 0. The van der Waals surface area contributed by atoms with Crippen LogP contribution < -0.4 is 10.6 Å². The normalized spacial score (nSPS) is 19.8. The van der Waals surface area contributed by atoms with E-state index in [0.29, 0.717) is 12.1 Å². The number of urea groups is 1. The summed E-state index contributed by atoms with van der Waals surface area (Å²) in [4.78, 5) is 41.5. The highest BCUT2D eigenvalue weighted by atomic mass is 16.2. The molecule has 1 aliphatic heterocycles. The van der Waals surface area contributed by atoms with Crippen LogP contribution in [0.15, 0.2) is 43.0 Å². The van der Waals surface area contributed by atoms with E-state index in [1.54, 1.807) is 48.4 Å². The maximum Gasteiger partial charge on any atom is 0.325 e. The van der Waals surface area contributed by atoms with E-state index < -0.39 is 17.5 Å². The van der Waals surface area contributed by atoms with Gasteiger partial charge in [-0.3, -0.25) is 14.5 Å². The summed E-state index contributed by atoms with van der Waals surface area (Å²) in [6.07, 6.45) is 5.57. The molecule has 1 aromatic carbocycles. The summed E-state index contributed by atoms with van der Waals surface area (Å²) in [6.45, 7) is 3.14. The summed E-state index contributed by atoms with van der Waals surface area (Å²) < 4.78 is 1.81. The average Bonchev–Trinajstić information content (AvgIpc) is 3.19. The van der Waals surface area contributed by atoms with Crippen molar-refractivity contribution in [3.63, 3.8) is 0 Å². The third-order valence-corrected chi connectivity index (χ3v) is 4.29. The van der Waals surface area contributed by atoms with E-state index in [1.807, 2.05) is 13.0 Å². The van der Waals surface area contributed by atoms with E-state index in [1.165, 1.54) is 0 Å². The minimum Gasteiger partial charge on any atom is -0.324 e. The van der Waals surface area contributed by atoms with Crippen molar-refractivity contribution in [3.8, 4) is 5.69 Å². The Balaban J connectivity index is 1.68. The van der Waals surface area contributed by atoms with E-state index in [-0.39, 0.29) is 12.5 Å². The molecule has 1 atom stereocenters. The topological polar surface area (TPSA) is 96.3 Å². The molecule has 0 spiro atoms. The number of nitrogens with zero attached hydrogens (tertiary/aromatic N) is 3. The first kappa shape index (κ1) is 16.7. The second kappa shape index (κ2) is 6.39. The number of carbonyl (C=O) groups excluding carboxylic acids is 3. The quantitative estimate of drug-likeness (QED) is 0.806. The Bertz CT molecular complexity index is 817. The predicted molar refractivity (Wildman–Crippen MR) is 91.1 cm³/mol. The Morgan fingerprint density at radius 1 is 1.36 bits per heavy atom. The van der Waals surface area contributed by atoms with Crippen LogP contribution in [0.25, 0.3) is 5.69 Å². The minimum atomic E-state index is -0.946. The number of imide groups is 1. The highest BCUT2D eigenvalue weighted by Gasteiger charge is 2.46. The third-order valence-electron chi connectivity index (χ3n) is 4.29. The molecule has 0 radical (unpaired) electrons. The highest BCUT2D eigenvalue weighted by molar-refractivity contribution is 6.09. The molecular weight excluding hydrogens is 322 g/mol. The van der Waals surface area contributed by atoms with Gasteiger partial charge in [-0.2, -0.15) is 0 Å². The monoisotopic (exact) mass is 341 g/mol. The smallest absolute Gasteiger partial charge is 0.324 e. The van der Waals surface area contributed by atoms with E-state index in [0.717, 1.165) is 10.6 Å². The van der Waals surface area contributed by atoms with Gasteiger partial charge in [-0.15, -0.1) is 0 Å². The Kier molecular flexibility index (Phi) is 4.26. The van der Waals surface area contributed by atoms with Crippen LogP contribution in [0, 0.1) is 0 Å². The van der Waals surface area contributed by atoms with Crippen LogP contribution in [0.4, 0.5) is 10.5 Å². The molecule has 2 heterocycles. The summed E-state index contributed by atoms with van der Waals surface area (Å²) in [5.41, 5.74) is 0.462. The molecule has 25 heavy (non-hydrogen) atoms. The first-order valence-electron chi connectivity index (χ1n) is 7.95. The molecule has 8 nitrogen and oxygen atoms in total. The van der Waals surface area contributed by atoms with Crippen molar-refractivity contribution in [1.29, 1.82) is 0 Å². The second-order valence-corrected chi connectivity index (χ2v) is 6.08. The fraction of sp³-hybridized carbons (Fsp3) is 0.294. The number of carbonyl (C=O) groups is 3. The fourth-order valence-corrected chi connectivity index (χ4v) is 2.63. The number of aromatic nitrogens is 2. The maximum atomic E-state index is 12.3. The Hall–Kier alpha value is -3.16. The number of hydrogen-bond acceptors (Lipinski definition) is 4. The molecule has 130 valence electrons. The van der Waals surface area contributed by atoms with E-state index in [4.69, 9.17) is 0 Å². The lowest BCUT2D eigenvalue weighted by molar-refractivity contribution is -0.133. The van der Waals surface area contributed by atoms with Gasteiger partial charge >= 0.3 is 6.03 Å². The second-order valence-electron chi connectivity index (χ2n) is 6.08. The van der Waals surface area contributed by atoms with Crippen LogP contribution in [0.3, 0.4) is 0 Å². The zero-order valence-electron chi connectivity index (χ0n) is 14.0. The number of benzene rings is 1. The molecule has 2 aromatic rings. The first-order chi connectivity index (χ1) is 11.9. The molecule has 4 amide bonds. The number of nitrogens with one attached hydrogen (secondary N) is 2. The molecular formula is C17H19N5O3. The molecule has 1 aromatic heterocycles. The molecule has 8 heteroatoms. The van der Waals surface area contributed by atoms with Gasteiger partial charge in [-0.1, -0.05) is 13.0 Å². The van der Waals surface area contributed by atoms with Crippen molar-refractivity contribution in [2.24, 2.45) is 0 Å². The van der Waals surface area contributed by atoms with Crippen molar-refractivity contribution in [3.05, 3.63) is 43.0 Å². The molecule has 0 aliphatic carbocycles.